The molecule has 0 radical (unpaired) electrons. The van der Waals surface area contributed by atoms with Gasteiger partial charge in [-0.3, -0.25) is 0 Å². The molecule has 0 fully saturated rings. The number of hydrogen-bond donors (Lipinski definition) is 1. The average molecular weight is 426 g/mol. The van der Waals surface area contributed by atoms with Gasteiger partial charge in [0.15, 0.2) is 5.82 Å². The second-order valence-electron chi connectivity index (χ2n) is 7.17. The number of hydrogen-bond acceptors (Lipinski definition) is 5. The first kappa shape index (κ1) is 20.0. The van der Waals surface area contributed by atoms with E-state index in [-0.39, 0.29) is 12.4 Å². The van der Waals surface area contributed by atoms with Crippen LogP contribution >= 0.6 is 0 Å². The van der Waals surface area contributed by atoms with Gasteiger partial charge in [-0.25, -0.2) is 27.5 Å². The third-order valence-corrected chi connectivity index (χ3v) is 5.77. The first-order valence-electron chi connectivity index (χ1n) is 9.18. The van der Waals surface area contributed by atoms with E-state index in [1.807, 2.05) is 19.1 Å². The molecule has 2 aromatic carbocycles. The van der Waals surface area contributed by atoms with Crippen molar-refractivity contribution in [3.8, 4) is 11.3 Å². The molecule has 154 valence electrons. The van der Waals surface area contributed by atoms with Crippen LogP contribution in [0.1, 0.15) is 16.7 Å². The zero-order valence-electron chi connectivity index (χ0n) is 16.6. The summed E-state index contributed by atoms with van der Waals surface area (Å²) in [4.78, 5) is 22.7. The minimum Gasteiger partial charge on any atom is -0.333 e. The summed E-state index contributed by atoms with van der Waals surface area (Å²) in [6.07, 6.45) is 1.01. The van der Waals surface area contributed by atoms with Crippen LogP contribution in [0.2, 0.25) is 0 Å². The van der Waals surface area contributed by atoms with Gasteiger partial charge in [0.05, 0.1) is 17.9 Å². The van der Waals surface area contributed by atoms with E-state index in [9.17, 15) is 17.6 Å². The molecule has 7 nitrogen and oxygen atoms in total. The maximum absolute atomic E-state index is 13.7. The topological polar surface area (TPSA) is 92.3 Å². The summed E-state index contributed by atoms with van der Waals surface area (Å²) in [5, 5.41) is 2.40. The number of nitrogens with zero attached hydrogens (tertiary/aromatic N) is 3. The molecule has 1 aromatic heterocycles. The summed E-state index contributed by atoms with van der Waals surface area (Å²) < 4.78 is 38.3. The Balaban J connectivity index is 2.06. The summed E-state index contributed by atoms with van der Waals surface area (Å²) in [5.74, 6) is -0.209. The third kappa shape index (κ3) is 3.41. The summed E-state index contributed by atoms with van der Waals surface area (Å²) in [6, 6.07) is 11.0. The van der Waals surface area contributed by atoms with Crippen LogP contribution in [-0.4, -0.2) is 30.7 Å². The fourth-order valence-corrected chi connectivity index (χ4v) is 3.97. The maximum Gasteiger partial charge on any atom is 0.328 e. The number of carbonyl (C=O) groups is 1. The van der Waals surface area contributed by atoms with Gasteiger partial charge in [-0.05, 0) is 49.2 Å². The number of sulfone groups is 1. The summed E-state index contributed by atoms with van der Waals surface area (Å²) >= 11 is 0. The number of nitrogens with one attached hydrogen (secondary N) is 1. The monoisotopic (exact) mass is 426 g/mol. The summed E-state index contributed by atoms with van der Waals surface area (Å²) in [5.41, 5.74) is 3.46. The van der Waals surface area contributed by atoms with Crippen molar-refractivity contribution < 1.29 is 17.6 Å². The Kier molecular flexibility index (Phi) is 4.77. The molecule has 3 aromatic rings. The van der Waals surface area contributed by atoms with Gasteiger partial charge in [0.1, 0.15) is 5.82 Å². The van der Waals surface area contributed by atoms with Crippen molar-refractivity contribution in [2.75, 3.05) is 11.2 Å². The van der Waals surface area contributed by atoms with Crippen LogP contribution < -0.4 is 10.2 Å². The van der Waals surface area contributed by atoms with Gasteiger partial charge in [-0.2, -0.15) is 4.98 Å². The predicted octanol–water partition coefficient (Wildman–Crippen LogP) is 3.66. The Hall–Kier alpha value is -3.33. The quantitative estimate of drug-likeness (QED) is 0.645. The molecule has 1 aliphatic rings. The van der Waals surface area contributed by atoms with Crippen LogP contribution in [0.5, 0.6) is 0 Å². The van der Waals surface area contributed by atoms with Crippen molar-refractivity contribution in [1.29, 1.82) is 0 Å². The van der Waals surface area contributed by atoms with Crippen molar-refractivity contribution in [3.63, 3.8) is 0 Å². The second kappa shape index (κ2) is 7.17. The molecule has 0 unspecified atom stereocenters. The van der Waals surface area contributed by atoms with E-state index < -0.39 is 26.8 Å². The number of aryl methyl sites for hydroxylation is 2. The number of aromatic nitrogens is 2. The molecule has 0 bridgehead atoms. The number of carbonyl (C=O) groups excluding carboxylic acids is 1. The van der Waals surface area contributed by atoms with Gasteiger partial charge in [-0.1, -0.05) is 18.2 Å². The molecule has 0 atom stereocenters. The van der Waals surface area contributed by atoms with Gasteiger partial charge in [0, 0.05) is 17.4 Å². The lowest BCUT2D eigenvalue weighted by Crippen LogP contribution is -2.42. The lowest BCUT2D eigenvalue weighted by atomic mass is 10.00. The minimum absolute atomic E-state index is 0.118. The summed E-state index contributed by atoms with van der Waals surface area (Å²) in [6.45, 7) is 3.68. The fourth-order valence-electron chi connectivity index (χ4n) is 3.46. The van der Waals surface area contributed by atoms with E-state index in [1.165, 1.54) is 17.0 Å². The van der Waals surface area contributed by atoms with Gasteiger partial charge < -0.3 is 5.32 Å². The Labute approximate surface area is 173 Å². The van der Waals surface area contributed by atoms with E-state index >= 15 is 0 Å². The Bertz CT molecular complexity index is 1290. The molecule has 0 spiro atoms. The van der Waals surface area contributed by atoms with Crippen molar-refractivity contribution in [3.05, 3.63) is 65.0 Å². The van der Waals surface area contributed by atoms with Crippen LogP contribution in [0.3, 0.4) is 0 Å². The zero-order valence-corrected chi connectivity index (χ0v) is 17.4. The number of para-hydroxylation sites is 1. The molecule has 0 saturated carbocycles. The molecule has 2 amide bonds. The largest absolute Gasteiger partial charge is 0.333 e. The highest BCUT2D eigenvalue weighted by Gasteiger charge is 2.33. The standard InChI is InChI=1S/C21H19FN4O3S/c1-12-6-4-5-7-17(12)26-19-16(11-23-21(26)27)18(24-20(25-19)30(3,28)29)15-9-8-14(22)10-13(15)2/h4-10H,11H2,1-3H3,(H,23,27). The Morgan fingerprint density at radius 2 is 1.80 bits per heavy atom. The number of rotatable bonds is 3. The molecule has 30 heavy (non-hydrogen) atoms. The van der Waals surface area contributed by atoms with Crippen LogP contribution in [0.15, 0.2) is 47.6 Å². The number of halogens is 1. The molecule has 0 saturated heterocycles. The van der Waals surface area contributed by atoms with E-state index in [1.54, 1.807) is 25.1 Å². The third-order valence-electron chi connectivity index (χ3n) is 4.93. The van der Waals surface area contributed by atoms with Crippen molar-refractivity contribution >= 4 is 27.4 Å². The number of anilines is 2. The number of benzene rings is 2. The normalized spacial score (nSPS) is 13.7. The first-order valence-corrected chi connectivity index (χ1v) is 11.1. The van der Waals surface area contributed by atoms with E-state index in [4.69, 9.17) is 0 Å². The molecule has 0 aliphatic carbocycles. The fraction of sp³-hybridized carbons (Fsp3) is 0.190. The Morgan fingerprint density at radius 1 is 1.07 bits per heavy atom. The van der Waals surface area contributed by atoms with Gasteiger partial charge in [0.2, 0.25) is 15.0 Å². The second-order valence-corrected chi connectivity index (χ2v) is 9.08. The molecule has 9 heteroatoms. The zero-order chi connectivity index (χ0) is 21.6. The molecular weight excluding hydrogens is 407 g/mol. The van der Waals surface area contributed by atoms with Gasteiger partial charge in [0.25, 0.3) is 0 Å². The number of urea groups is 1. The lowest BCUT2D eigenvalue weighted by molar-refractivity contribution is 0.246. The van der Waals surface area contributed by atoms with E-state index in [0.29, 0.717) is 28.1 Å². The van der Waals surface area contributed by atoms with Crippen LogP contribution in [0, 0.1) is 19.7 Å². The van der Waals surface area contributed by atoms with E-state index in [0.717, 1.165) is 11.8 Å². The van der Waals surface area contributed by atoms with Crippen LogP contribution in [0.4, 0.5) is 20.7 Å². The predicted molar refractivity (Wildman–Crippen MR) is 111 cm³/mol. The SMILES string of the molecule is Cc1cc(F)ccc1-c1nc(S(C)(=O)=O)nc2c1CNC(=O)N2c1ccccc1C. The molecule has 1 N–H and O–H groups in total. The molecule has 1 aliphatic heterocycles. The lowest BCUT2D eigenvalue weighted by Gasteiger charge is -2.31. The van der Waals surface area contributed by atoms with Gasteiger partial charge in [-0.15, -0.1) is 0 Å². The summed E-state index contributed by atoms with van der Waals surface area (Å²) in [7, 11) is -3.78. The highest BCUT2D eigenvalue weighted by Crippen LogP contribution is 2.38. The highest BCUT2D eigenvalue weighted by atomic mass is 32.2. The van der Waals surface area contributed by atoms with Crippen LogP contribution in [-0.2, 0) is 16.4 Å². The minimum atomic E-state index is -3.78. The Morgan fingerprint density at radius 3 is 2.47 bits per heavy atom. The molecular formula is C21H19FN4O3S. The highest BCUT2D eigenvalue weighted by molar-refractivity contribution is 7.90. The van der Waals surface area contributed by atoms with Crippen LogP contribution in [0.25, 0.3) is 11.3 Å². The van der Waals surface area contributed by atoms with E-state index in [2.05, 4.69) is 15.3 Å². The number of amides is 2. The van der Waals surface area contributed by atoms with Gasteiger partial charge >= 0.3 is 6.03 Å². The first-order chi connectivity index (χ1) is 14.2. The molecule has 4 rings (SSSR count). The molecule has 2 heterocycles. The van der Waals surface area contributed by atoms with Crippen molar-refractivity contribution in [2.45, 2.75) is 25.5 Å². The number of fused-ring (bicyclic) bond motifs is 1. The smallest absolute Gasteiger partial charge is 0.328 e. The average Bonchev–Trinajstić information content (AvgIpc) is 2.67. The van der Waals surface area contributed by atoms with Crippen molar-refractivity contribution in [2.24, 2.45) is 0 Å². The maximum atomic E-state index is 13.7. The van der Waals surface area contributed by atoms with Crippen molar-refractivity contribution in [1.82, 2.24) is 15.3 Å².